The van der Waals surface area contributed by atoms with Gasteiger partial charge in [-0.05, 0) is 56.8 Å². The van der Waals surface area contributed by atoms with Gasteiger partial charge in [0.05, 0.1) is 36.1 Å². The molecule has 1 atom stereocenters. The van der Waals surface area contributed by atoms with Crippen LogP contribution in [-0.2, 0) is 16.6 Å². The van der Waals surface area contributed by atoms with Gasteiger partial charge in [-0.1, -0.05) is 18.5 Å². The van der Waals surface area contributed by atoms with Crippen LogP contribution in [0.3, 0.4) is 0 Å². The molecule has 2 heterocycles. The van der Waals surface area contributed by atoms with Crippen LogP contribution in [0.4, 0.5) is 14.5 Å². The fraction of sp³-hybridized carbons (Fsp3) is 0.406. The molecule has 3 N–H and O–H groups in total. The first kappa shape index (κ1) is 35.3. The summed E-state index contributed by atoms with van der Waals surface area (Å²) >= 11 is 6.47. The van der Waals surface area contributed by atoms with Crippen molar-refractivity contribution in [1.82, 2.24) is 24.3 Å². The van der Waals surface area contributed by atoms with Crippen molar-refractivity contribution in [3.05, 3.63) is 64.6 Å². The summed E-state index contributed by atoms with van der Waals surface area (Å²) in [6, 6.07) is 7.09. The fourth-order valence-electron chi connectivity index (χ4n) is 5.49. The number of halogens is 3. The zero-order valence-corrected chi connectivity index (χ0v) is 27.4. The summed E-state index contributed by atoms with van der Waals surface area (Å²) < 4.78 is 35.1. The smallest absolute Gasteiger partial charge is 0.291 e. The molecule has 0 aliphatic carbocycles. The average Bonchev–Trinajstić information content (AvgIpc) is 3.42. The van der Waals surface area contributed by atoms with Crippen LogP contribution in [0.1, 0.15) is 40.7 Å². The number of anilines is 1. The van der Waals surface area contributed by atoms with E-state index < -0.39 is 23.4 Å². The minimum Gasteiger partial charge on any atom is -0.494 e. The maximum absolute atomic E-state index is 14.7. The number of aromatic nitrogens is 2. The Kier molecular flexibility index (Phi) is 11.5. The molecule has 4 amide bonds. The number of carbonyl (C=O) groups excluding carboxylic acids is 4. The minimum absolute atomic E-state index is 0.0198. The van der Waals surface area contributed by atoms with E-state index >= 15 is 0 Å². The monoisotopic (exact) mass is 673 g/mol. The molecular formula is C32H38ClF2N7O5. The first-order valence-electron chi connectivity index (χ1n) is 15.1. The van der Waals surface area contributed by atoms with E-state index in [2.05, 4.69) is 10.3 Å². The molecule has 4 rings (SSSR count). The largest absolute Gasteiger partial charge is 0.494 e. The molecule has 0 bridgehead atoms. The predicted molar refractivity (Wildman–Crippen MR) is 172 cm³/mol. The molecule has 1 unspecified atom stereocenters. The highest BCUT2D eigenvalue weighted by molar-refractivity contribution is 6.34. The lowest BCUT2D eigenvalue weighted by Crippen LogP contribution is -2.52. The Balaban J connectivity index is 1.35. The highest BCUT2D eigenvalue weighted by atomic mass is 35.5. The van der Waals surface area contributed by atoms with Crippen molar-refractivity contribution in [2.24, 2.45) is 18.7 Å². The normalized spacial score (nSPS) is 13.9. The second-order valence-electron chi connectivity index (χ2n) is 11.3. The number of hydrogen-bond acceptors (Lipinski definition) is 7. The highest BCUT2D eigenvalue weighted by Gasteiger charge is 2.29. The van der Waals surface area contributed by atoms with Gasteiger partial charge in [0, 0.05) is 50.4 Å². The number of imidazole rings is 1. The van der Waals surface area contributed by atoms with E-state index in [9.17, 15) is 28.0 Å². The van der Waals surface area contributed by atoms with Crippen molar-refractivity contribution in [2.75, 3.05) is 58.7 Å². The summed E-state index contributed by atoms with van der Waals surface area (Å²) in [5.74, 6) is -4.14. The highest BCUT2D eigenvalue weighted by Crippen LogP contribution is 2.30. The lowest BCUT2D eigenvalue weighted by Gasteiger charge is -2.36. The van der Waals surface area contributed by atoms with Crippen LogP contribution < -0.4 is 15.8 Å². The minimum atomic E-state index is -1.15. The van der Waals surface area contributed by atoms with Gasteiger partial charge in [0.25, 0.3) is 11.8 Å². The van der Waals surface area contributed by atoms with Crippen LogP contribution >= 0.6 is 11.6 Å². The van der Waals surface area contributed by atoms with E-state index in [1.807, 2.05) is 6.92 Å². The Labute approximate surface area is 276 Å². The maximum Gasteiger partial charge on any atom is 0.291 e. The lowest BCUT2D eigenvalue weighted by molar-refractivity contribution is -0.137. The second-order valence-corrected chi connectivity index (χ2v) is 11.7. The first-order chi connectivity index (χ1) is 22.4. The van der Waals surface area contributed by atoms with Crippen molar-refractivity contribution >= 4 is 40.9 Å². The van der Waals surface area contributed by atoms with Crippen LogP contribution in [0.25, 0.3) is 11.3 Å². The molecule has 1 saturated heterocycles. The van der Waals surface area contributed by atoms with E-state index in [4.69, 9.17) is 22.1 Å². The van der Waals surface area contributed by atoms with E-state index in [0.717, 1.165) is 0 Å². The molecule has 2 aromatic carbocycles. The number of benzene rings is 2. The molecule has 12 nitrogen and oxygen atoms in total. The van der Waals surface area contributed by atoms with Gasteiger partial charge in [-0.2, -0.15) is 4.39 Å². The SMILES string of the molecule is CCC(CCN(C)CC(N)=O)C(=O)N1CCN(C(=O)c2ccc(NC(=O)c3ncc(-c4ccc(OC)c(F)c4F)n3C)cc2Cl)CC1. The number of nitrogens with zero attached hydrogens (tertiary/aromatic N) is 5. The quantitative estimate of drug-likeness (QED) is 0.300. The summed E-state index contributed by atoms with van der Waals surface area (Å²) in [4.78, 5) is 59.9. The van der Waals surface area contributed by atoms with Gasteiger partial charge >= 0.3 is 0 Å². The number of primary amides is 1. The number of hydrogen-bond donors (Lipinski definition) is 2. The number of nitrogens with one attached hydrogen (secondary N) is 1. The zero-order valence-electron chi connectivity index (χ0n) is 26.7. The third-order valence-electron chi connectivity index (χ3n) is 8.20. The summed E-state index contributed by atoms with van der Waals surface area (Å²) in [6.07, 6.45) is 2.51. The number of carbonyl (C=O) groups is 4. The molecule has 252 valence electrons. The van der Waals surface area contributed by atoms with E-state index in [0.29, 0.717) is 51.3 Å². The Morgan fingerprint density at radius 2 is 1.77 bits per heavy atom. The number of likely N-dealkylation sites (N-methyl/N-ethyl adjacent to an activating group) is 1. The van der Waals surface area contributed by atoms with Gasteiger partial charge in [-0.3, -0.25) is 24.1 Å². The van der Waals surface area contributed by atoms with Gasteiger partial charge < -0.3 is 30.2 Å². The second kappa shape index (κ2) is 15.4. The number of methoxy groups -OCH3 is 1. The summed E-state index contributed by atoms with van der Waals surface area (Å²) in [7, 11) is 4.51. The van der Waals surface area contributed by atoms with E-state index in [1.165, 1.54) is 55.3 Å². The number of nitrogens with two attached hydrogens (primary N) is 1. The van der Waals surface area contributed by atoms with E-state index in [1.54, 1.807) is 21.7 Å². The van der Waals surface area contributed by atoms with Gasteiger partial charge in [-0.25, -0.2) is 9.37 Å². The topological polar surface area (TPSA) is 143 Å². The van der Waals surface area contributed by atoms with Crippen LogP contribution in [0.2, 0.25) is 5.02 Å². The third kappa shape index (κ3) is 8.06. The Morgan fingerprint density at radius 1 is 1.09 bits per heavy atom. The molecule has 1 aliphatic rings. The molecule has 15 heteroatoms. The van der Waals surface area contributed by atoms with Gasteiger partial charge in [0.15, 0.2) is 17.4 Å². The Hall–Kier alpha value is -4.56. The summed E-state index contributed by atoms with van der Waals surface area (Å²) in [6.45, 7) is 4.06. The summed E-state index contributed by atoms with van der Waals surface area (Å²) in [5, 5.41) is 2.79. The first-order valence-corrected chi connectivity index (χ1v) is 15.4. The fourth-order valence-corrected chi connectivity index (χ4v) is 5.75. The van der Waals surface area contributed by atoms with Gasteiger partial charge in [0.1, 0.15) is 0 Å². The van der Waals surface area contributed by atoms with Crippen molar-refractivity contribution in [3.8, 4) is 17.0 Å². The number of amides is 4. The summed E-state index contributed by atoms with van der Waals surface area (Å²) in [5.41, 5.74) is 5.86. The van der Waals surface area contributed by atoms with Crippen molar-refractivity contribution in [3.63, 3.8) is 0 Å². The van der Waals surface area contributed by atoms with Gasteiger partial charge in [0.2, 0.25) is 17.6 Å². The molecule has 3 aromatic rings. The Morgan fingerprint density at radius 3 is 2.38 bits per heavy atom. The van der Waals surface area contributed by atoms with Crippen LogP contribution in [-0.4, -0.2) is 101 Å². The molecular weight excluding hydrogens is 636 g/mol. The predicted octanol–water partition coefficient (Wildman–Crippen LogP) is 3.40. The maximum atomic E-state index is 14.7. The number of ether oxygens (including phenoxy) is 1. The zero-order chi connectivity index (χ0) is 34.4. The standard InChI is InChI=1S/C32H38ClF2N7O5/c1-5-19(10-11-39(2)18-26(36)43)31(45)41-12-14-42(15-13-41)32(46)21-7-6-20(16-23(21)33)38-30(44)29-37-17-24(40(29)3)22-8-9-25(47-4)28(35)27(22)34/h6-9,16-17,19H,5,10-15,18H2,1-4H3,(H2,36,43)(H,38,44). The molecule has 1 aliphatic heterocycles. The molecule has 0 radical (unpaired) electrons. The van der Waals surface area contributed by atoms with Crippen molar-refractivity contribution in [1.29, 1.82) is 0 Å². The third-order valence-corrected chi connectivity index (χ3v) is 8.51. The Bertz CT molecular complexity index is 1660. The van der Waals surface area contributed by atoms with Crippen molar-refractivity contribution in [2.45, 2.75) is 19.8 Å². The average molecular weight is 674 g/mol. The van der Waals surface area contributed by atoms with Crippen LogP contribution in [0, 0.1) is 17.6 Å². The number of piperazine rings is 1. The van der Waals surface area contributed by atoms with E-state index in [-0.39, 0.29) is 57.7 Å². The molecule has 1 aromatic heterocycles. The van der Waals surface area contributed by atoms with Crippen LogP contribution in [0.5, 0.6) is 5.75 Å². The van der Waals surface area contributed by atoms with Gasteiger partial charge in [-0.15, -0.1) is 0 Å². The molecule has 1 fully saturated rings. The van der Waals surface area contributed by atoms with Crippen LogP contribution in [0.15, 0.2) is 36.5 Å². The molecule has 47 heavy (non-hydrogen) atoms. The molecule has 0 spiro atoms. The molecule has 0 saturated carbocycles. The lowest BCUT2D eigenvalue weighted by atomic mass is 9.99. The number of rotatable bonds is 12. The van der Waals surface area contributed by atoms with Crippen molar-refractivity contribution < 1.29 is 32.7 Å².